The van der Waals surface area contributed by atoms with Crippen molar-refractivity contribution in [2.24, 2.45) is 0 Å². The van der Waals surface area contributed by atoms with E-state index in [2.05, 4.69) is 9.88 Å². The number of nitrogens with one attached hydrogen (secondary N) is 1. The molecular weight excluding hydrogens is 390 g/mol. The first-order valence-corrected chi connectivity index (χ1v) is 10.4. The zero-order valence-electron chi connectivity index (χ0n) is 16.9. The summed E-state index contributed by atoms with van der Waals surface area (Å²) in [6.45, 7) is 1.55. The highest BCUT2D eigenvalue weighted by Gasteiger charge is 2.36. The Bertz CT molecular complexity index is 1020. The van der Waals surface area contributed by atoms with Crippen molar-refractivity contribution in [2.75, 3.05) is 31.6 Å². The van der Waals surface area contributed by atoms with Crippen molar-refractivity contribution >= 4 is 23.3 Å². The monoisotopic (exact) mass is 414 g/mol. The third kappa shape index (κ3) is 3.14. The van der Waals surface area contributed by atoms with Gasteiger partial charge in [0.05, 0.1) is 0 Å². The van der Waals surface area contributed by atoms with Crippen LogP contribution in [0, 0.1) is 0 Å². The van der Waals surface area contributed by atoms with E-state index in [1.165, 1.54) is 4.90 Å². The molecule has 1 saturated heterocycles. The number of rotatable bonds is 2. The number of likely N-dealkylation sites (tertiary alicyclic amines) is 1. The second-order valence-electron chi connectivity index (χ2n) is 8.46. The van der Waals surface area contributed by atoms with E-state index in [0.29, 0.717) is 12.2 Å². The number of fused-ring (bicyclic) bond motifs is 2. The molecule has 3 aliphatic heterocycles. The normalized spacial score (nSPS) is 20.4. The molecule has 1 aromatic heterocycles. The van der Waals surface area contributed by atoms with Gasteiger partial charge in [-0.1, -0.05) is 0 Å². The zero-order chi connectivity index (χ0) is 21.0. The highest BCUT2D eigenvalue weighted by molar-refractivity contribution is 5.99. The number of amides is 2. The summed E-state index contributed by atoms with van der Waals surface area (Å²) in [7, 11) is 1.79. The average molecular weight is 414 g/mol. The average Bonchev–Trinajstić information content (AvgIpc) is 3.28. The standard InChI is InChI=1S/C22H24F2N4O2/c1-26-13-15-11-16(4-5-17(15)20(26)29)28-8-2-3-14-12-18(25-19(14)28)21(30)27-9-6-22(23,24)7-10-27/h4-5,11-12,25H,2-3,6-10,13H2,1H3. The third-order valence-corrected chi connectivity index (χ3v) is 6.37. The van der Waals surface area contributed by atoms with Gasteiger partial charge in [-0.3, -0.25) is 9.59 Å². The van der Waals surface area contributed by atoms with Gasteiger partial charge in [-0.05, 0) is 48.2 Å². The molecule has 1 aromatic carbocycles. The maximum Gasteiger partial charge on any atom is 0.270 e. The Morgan fingerprint density at radius 3 is 2.63 bits per heavy atom. The van der Waals surface area contributed by atoms with E-state index in [1.54, 1.807) is 11.9 Å². The molecule has 1 N–H and O–H groups in total. The molecule has 2 amide bonds. The summed E-state index contributed by atoms with van der Waals surface area (Å²) in [4.78, 5) is 33.7. The number of benzene rings is 1. The van der Waals surface area contributed by atoms with Crippen LogP contribution in [0.3, 0.4) is 0 Å². The first-order valence-electron chi connectivity index (χ1n) is 10.4. The number of carbonyl (C=O) groups is 2. The van der Waals surface area contributed by atoms with Gasteiger partial charge in [-0.2, -0.15) is 0 Å². The van der Waals surface area contributed by atoms with E-state index in [4.69, 9.17) is 0 Å². The lowest BCUT2D eigenvalue weighted by atomic mass is 10.0. The van der Waals surface area contributed by atoms with Crippen LogP contribution >= 0.6 is 0 Å². The van der Waals surface area contributed by atoms with E-state index < -0.39 is 5.92 Å². The van der Waals surface area contributed by atoms with Crippen molar-refractivity contribution in [1.82, 2.24) is 14.8 Å². The quantitative estimate of drug-likeness (QED) is 0.818. The van der Waals surface area contributed by atoms with E-state index in [9.17, 15) is 18.4 Å². The van der Waals surface area contributed by atoms with Gasteiger partial charge in [-0.15, -0.1) is 0 Å². The number of nitrogens with zero attached hydrogens (tertiary/aromatic N) is 3. The molecule has 158 valence electrons. The lowest BCUT2D eigenvalue weighted by molar-refractivity contribution is -0.0495. The van der Waals surface area contributed by atoms with Gasteiger partial charge in [0.15, 0.2) is 0 Å². The highest BCUT2D eigenvalue weighted by atomic mass is 19.3. The van der Waals surface area contributed by atoms with Crippen molar-refractivity contribution in [1.29, 1.82) is 0 Å². The minimum atomic E-state index is -2.68. The van der Waals surface area contributed by atoms with Crippen LogP contribution in [0.1, 0.15) is 51.2 Å². The first kappa shape index (κ1) is 19.1. The number of aromatic nitrogens is 1. The maximum atomic E-state index is 13.4. The molecule has 0 unspecified atom stereocenters. The summed E-state index contributed by atoms with van der Waals surface area (Å²) in [5.74, 6) is -1.98. The lowest BCUT2D eigenvalue weighted by Crippen LogP contribution is -2.42. The number of carbonyl (C=O) groups excluding carboxylic acids is 2. The topological polar surface area (TPSA) is 59.6 Å². The van der Waals surface area contributed by atoms with Crippen LogP contribution in [0.4, 0.5) is 20.3 Å². The fraction of sp³-hybridized carbons (Fsp3) is 0.455. The fourth-order valence-corrected chi connectivity index (χ4v) is 4.66. The van der Waals surface area contributed by atoms with E-state index in [1.807, 2.05) is 24.3 Å². The Morgan fingerprint density at radius 2 is 1.87 bits per heavy atom. The molecule has 0 atom stereocenters. The van der Waals surface area contributed by atoms with Crippen LogP contribution < -0.4 is 4.90 Å². The van der Waals surface area contributed by atoms with Crippen molar-refractivity contribution in [2.45, 2.75) is 38.2 Å². The highest BCUT2D eigenvalue weighted by Crippen LogP contribution is 2.36. The summed E-state index contributed by atoms with van der Waals surface area (Å²) in [6.07, 6.45) is 1.24. The van der Waals surface area contributed by atoms with Gasteiger partial charge >= 0.3 is 0 Å². The predicted octanol–water partition coefficient (Wildman–Crippen LogP) is 3.56. The SMILES string of the molecule is CN1Cc2cc(N3CCCc4cc(C(=O)N5CCC(F)(F)CC5)[nH]c43)ccc2C1=O. The van der Waals surface area contributed by atoms with Crippen LogP contribution in [0.25, 0.3) is 0 Å². The minimum Gasteiger partial charge on any atom is -0.337 e. The number of H-pyrrole nitrogens is 1. The van der Waals surface area contributed by atoms with Gasteiger partial charge in [0.25, 0.3) is 17.7 Å². The zero-order valence-corrected chi connectivity index (χ0v) is 16.9. The van der Waals surface area contributed by atoms with E-state index >= 15 is 0 Å². The molecule has 5 rings (SSSR count). The molecule has 8 heteroatoms. The number of alkyl halides is 2. The Balaban J connectivity index is 1.41. The molecule has 2 aromatic rings. The Kier molecular flexibility index (Phi) is 4.34. The molecule has 0 radical (unpaired) electrons. The molecule has 0 saturated carbocycles. The predicted molar refractivity (Wildman–Crippen MR) is 108 cm³/mol. The molecular formula is C22H24F2N4O2. The molecule has 30 heavy (non-hydrogen) atoms. The van der Waals surface area contributed by atoms with Gasteiger partial charge in [0, 0.05) is 57.3 Å². The number of piperidine rings is 1. The molecule has 3 aliphatic rings. The van der Waals surface area contributed by atoms with Crippen LogP contribution in [0.15, 0.2) is 24.3 Å². The summed E-state index contributed by atoms with van der Waals surface area (Å²) in [5.41, 5.74) is 4.23. The van der Waals surface area contributed by atoms with Crippen molar-refractivity contribution in [3.63, 3.8) is 0 Å². The largest absolute Gasteiger partial charge is 0.337 e. The van der Waals surface area contributed by atoms with Crippen LogP contribution in [0.5, 0.6) is 0 Å². The Hall–Kier alpha value is -2.90. The summed E-state index contributed by atoms with van der Waals surface area (Å²) in [6, 6.07) is 7.72. The molecule has 0 bridgehead atoms. The second-order valence-corrected chi connectivity index (χ2v) is 8.46. The van der Waals surface area contributed by atoms with E-state index in [-0.39, 0.29) is 37.7 Å². The minimum absolute atomic E-state index is 0.0377. The maximum absolute atomic E-state index is 13.4. The number of hydrogen-bond acceptors (Lipinski definition) is 3. The number of aryl methyl sites for hydroxylation is 1. The van der Waals surface area contributed by atoms with Gasteiger partial charge < -0.3 is 19.7 Å². The molecule has 0 aliphatic carbocycles. The number of hydrogen-bond donors (Lipinski definition) is 1. The second kappa shape index (κ2) is 6.82. The molecule has 6 nitrogen and oxygen atoms in total. The van der Waals surface area contributed by atoms with Gasteiger partial charge in [0.1, 0.15) is 11.5 Å². The van der Waals surface area contributed by atoms with Gasteiger partial charge in [-0.25, -0.2) is 8.78 Å². The Labute approximate surface area is 173 Å². The van der Waals surface area contributed by atoms with Crippen molar-refractivity contribution in [3.8, 4) is 0 Å². The van der Waals surface area contributed by atoms with Crippen molar-refractivity contribution in [3.05, 3.63) is 46.6 Å². The van der Waals surface area contributed by atoms with Crippen LogP contribution in [-0.2, 0) is 13.0 Å². The molecule has 0 spiro atoms. The summed E-state index contributed by atoms with van der Waals surface area (Å²) < 4.78 is 26.9. The van der Waals surface area contributed by atoms with Crippen LogP contribution in [0.2, 0.25) is 0 Å². The Morgan fingerprint density at radius 1 is 1.10 bits per heavy atom. The number of anilines is 2. The summed E-state index contributed by atoms with van der Waals surface area (Å²) in [5, 5.41) is 0. The number of aromatic amines is 1. The van der Waals surface area contributed by atoms with Crippen molar-refractivity contribution < 1.29 is 18.4 Å². The van der Waals surface area contributed by atoms with Crippen LogP contribution in [-0.4, -0.2) is 59.2 Å². The first-order chi connectivity index (χ1) is 14.3. The third-order valence-electron chi connectivity index (χ3n) is 6.37. The smallest absolute Gasteiger partial charge is 0.270 e. The molecule has 1 fully saturated rings. The lowest BCUT2D eigenvalue weighted by Gasteiger charge is -2.31. The molecule has 4 heterocycles. The van der Waals surface area contributed by atoms with Gasteiger partial charge in [0.2, 0.25) is 0 Å². The summed E-state index contributed by atoms with van der Waals surface area (Å²) >= 11 is 0. The van der Waals surface area contributed by atoms with E-state index in [0.717, 1.165) is 47.6 Å². The fourth-order valence-electron chi connectivity index (χ4n) is 4.66. The number of halogens is 2.